The summed E-state index contributed by atoms with van der Waals surface area (Å²) in [4.78, 5) is 15.2. The SMILES string of the molecule is C[C@H](O)[C@H]1O[C@@H](n2ncc(N)nc2=O)C(O)(C#CCF)[C@H]1O. The van der Waals surface area contributed by atoms with Gasteiger partial charge in [0.2, 0.25) is 5.60 Å². The number of nitrogen functional groups attached to an aromatic ring is 1. The van der Waals surface area contributed by atoms with Crippen LogP contribution in [-0.2, 0) is 4.74 Å². The molecule has 0 radical (unpaired) electrons. The molecule has 0 bridgehead atoms. The van der Waals surface area contributed by atoms with Crippen molar-refractivity contribution in [3.05, 3.63) is 16.7 Å². The molecule has 22 heavy (non-hydrogen) atoms. The summed E-state index contributed by atoms with van der Waals surface area (Å²) in [5, 5.41) is 33.9. The van der Waals surface area contributed by atoms with Crippen LogP contribution in [0.5, 0.6) is 0 Å². The first kappa shape index (κ1) is 16.3. The van der Waals surface area contributed by atoms with Crippen molar-refractivity contribution in [2.75, 3.05) is 12.4 Å². The number of nitrogens with two attached hydrogens (primary N) is 1. The second-order valence-electron chi connectivity index (χ2n) is 4.81. The van der Waals surface area contributed by atoms with Crippen molar-refractivity contribution in [1.29, 1.82) is 0 Å². The lowest BCUT2D eigenvalue weighted by Crippen LogP contribution is -2.49. The van der Waals surface area contributed by atoms with Gasteiger partial charge >= 0.3 is 5.69 Å². The largest absolute Gasteiger partial charge is 0.391 e. The third-order valence-electron chi connectivity index (χ3n) is 3.21. The number of anilines is 1. The molecule has 2 rings (SSSR count). The molecule has 9 nitrogen and oxygen atoms in total. The molecule has 120 valence electrons. The molecule has 5 atom stereocenters. The molecule has 0 aliphatic carbocycles. The summed E-state index contributed by atoms with van der Waals surface area (Å²) in [5.74, 6) is 3.95. The first-order valence-corrected chi connectivity index (χ1v) is 6.32. The van der Waals surface area contributed by atoms with Gasteiger partial charge in [0.05, 0.1) is 12.3 Å². The Morgan fingerprint density at radius 1 is 1.68 bits per heavy atom. The highest BCUT2D eigenvalue weighted by molar-refractivity contribution is 5.24. The quantitative estimate of drug-likeness (QED) is 0.441. The molecule has 2 heterocycles. The molecule has 1 aromatic rings. The van der Waals surface area contributed by atoms with E-state index in [1.165, 1.54) is 6.92 Å². The van der Waals surface area contributed by atoms with Gasteiger partial charge in [-0.1, -0.05) is 11.8 Å². The number of aliphatic hydroxyl groups is 3. The summed E-state index contributed by atoms with van der Waals surface area (Å²) in [6, 6.07) is 0. The van der Waals surface area contributed by atoms with Gasteiger partial charge in [0.25, 0.3) is 0 Å². The number of halogens is 1. The minimum Gasteiger partial charge on any atom is -0.391 e. The van der Waals surface area contributed by atoms with Crippen LogP contribution in [0.25, 0.3) is 0 Å². The van der Waals surface area contributed by atoms with E-state index in [0.29, 0.717) is 4.68 Å². The van der Waals surface area contributed by atoms with Crippen molar-refractivity contribution in [2.24, 2.45) is 0 Å². The van der Waals surface area contributed by atoms with Crippen LogP contribution in [-0.4, -0.2) is 60.7 Å². The normalized spacial score (nSPS) is 32.3. The zero-order chi connectivity index (χ0) is 16.5. The summed E-state index contributed by atoms with van der Waals surface area (Å²) in [5.41, 5.74) is 2.02. The molecule has 1 aliphatic rings. The number of alkyl halides is 1. The van der Waals surface area contributed by atoms with Crippen LogP contribution in [0.4, 0.5) is 10.2 Å². The second-order valence-corrected chi connectivity index (χ2v) is 4.81. The lowest BCUT2D eigenvalue weighted by Gasteiger charge is -2.25. The van der Waals surface area contributed by atoms with Gasteiger partial charge in [-0.25, -0.2) is 9.18 Å². The molecule has 5 N–H and O–H groups in total. The fourth-order valence-corrected chi connectivity index (χ4v) is 2.18. The Balaban J connectivity index is 2.53. The predicted molar refractivity (Wildman–Crippen MR) is 71.0 cm³/mol. The predicted octanol–water partition coefficient (Wildman–Crippen LogP) is -2.44. The van der Waals surface area contributed by atoms with Crippen LogP contribution in [0.2, 0.25) is 0 Å². The van der Waals surface area contributed by atoms with Gasteiger partial charge in [-0.15, -0.1) is 0 Å². The van der Waals surface area contributed by atoms with E-state index in [1.54, 1.807) is 0 Å². The number of aliphatic hydroxyl groups excluding tert-OH is 2. The molecule has 0 amide bonds. The molecule has 0 spiro atoms. The Hall–Kier alpha value is -2.06. The smallest absolute Gasteiger partial charge is 0.368 e. The zero-order valence-corrected chi connectivity index (χ0v) is 11.5. The highest BCUT2D eigenvalue weighted by Gasteiger charge is 2.57. The Labute approximate surface area is 124 Å². The van der Waals surface area contributed by atoms with E-state index in [2.05, 4.69) is 16.0 Å². The summed E-state index contributed by atoms with van der Waals surface area (Å²) < 4.78 is 18.2. The second kappa shape index (κ2) is 5.98. The maximum atomic E-state index is 12.3. The fourth-order valence-electron chi connectivity index (χ4n) is 2.18. The van der Waals surface area contributed by atoms with Crippen LogP contribution in [0.3, 0.4) is 0 Å². The average Bonchev–Trinajstić information content (AvgIpc) is 2.70. The van der Waals surface area contributed by atoms with Gasteiger partial charge in [0.1, 0.15) is 24.7 Å². The van der Waals surface area contributed by atoms with Crippen molar-refractivity contribution >= 4 is 5.82 Å². The topological polar surface area (TPSA) is 144 Å². The average molecular weight is 314 g/mol. The summed E-state index contributed by atoms with van der Waals surface area (Å²) in [7, 11) is 0. The molecule has 1 unspecified atom stereocenters. The lowest BCUT2D eigenvalue weighted by atomic mass is 9.93. The van der Waals surface area contributed by atoms with Crippen molar-refractivity contribution in [2.45, 2.75) is 37.1 Å². The number of hydrogen-bond acceptors (Lipinski definition) is 8. The number of aromatic nitrogens is 3. The first-order chi connectivity index (χ1) is 10.3. The summed E-state index contributed by atoms with van der Waals surface area (Å²) in [6.45, 7) is 0.236. The molecule has 1 fully saturated rings. The Kier molecular flexibility index (Phi) is 4.43. The molecule has 0 aromatic carbocycles. The van der Waals surface area contributed by atoms with E-state index in [4.69, 9.17) is 10.5 Å². The maximum absolute atomic E-state index is 12.3. The third kappa shape index (κ3) is 2.67. The number of ether oxygens (including phenoxy) is 1. The van der Waals surface area contributed by atoms with Gasteiger partial charge in [-0.3, -0.25) is 0 Å². The molecular formula is C12H15FN4O5. The van der Waals surface area contributed by atoms with E-state index in [-0.39, 0.29) is 5.82 Å². The highest BCUT2D eigenvalue weighted by atomic mass is 19.1. The van der Waals surface area contributed by atoms with Gasteiger partial charge in [0, 0.05) is 0 Å². The van der Waals surface area contributed by atoms with Gasteiger partial charge in [-0.2, -0.15) is 14.8 Å². The van der Waals surface area contributed by atoms with E-state index < -0.39 is 42.5 Å². The van der Waals surface area contributed by atoms with E-state index in [9.17, 15) is 24.5 Å². The standard InChI is InChI=1S/C12H15FN4O5/c1-6(18)8-9(19)12(21,3-2-4-13)10(22-8)17-11(20)16-7(14)5-15-17/h5-6,8-10,18-19,21H,4H2,1H3,(H2,14,16,20)/t6-,8+,9-,10+,12?/m0/s1. The zero-order valence-electron chi connectivity index (χ0n) is 11.5. The number of hydrogen-bond donors (Lipinski definition) is 4. The monoisotopic (exact) mass is 314 g/mol. The Morgan fingerprint density at radius 2 is 2.36 bits per heavy atom. The molecular weight excluding hydrogens is 299 g/mol. The van der Waals surface area contributed by atoms with Crippen LogP contribution in [0, 0.1) is 11.8 Å². The molecule has 1 saturated heterocycles. The van der Waals surface area contributed by atoms with Crippen LogP contribution >= 0.6 is 0 Å². The van der Waals surface area contributed by atoms with Gasteiger partial charge in [-0.05, 0) is 6.92 Å². The number of nitrogens with zero attached hydrogens (tertiary/aromatic N) is 3. The first-order valence-electron chi connectivity index (χ1n) is 6.32. The van der Waals surface area contributed by atoms with Crippen molar-refractivity contribution in [1.82, 2.24) is 14.8 Å². The minimum absolute atomic E-state index is 0.148. The van der Waals surface area contributed by atoms with E-state index in [1.807, 2.05) is 5.92 Å². The Morgan fingerprint density at radius 3 is 2.91 bits per heavy atom. The minimum atomic E-state index is -2.34. The molecule has 10 heteroatoms. The van der Waals surface area contributed by atoms with Crippen molar-refractivity contribution in [3.8, 4) is 11.8 Å². The van der Waals surface area contributed by atoms with Crippen LogP contribution in [0.1, 0.15) is 13.2 Å². The van der Waals surface area contributed by atoms with Gasteiger partial charge < -0.3 is 25.8 Å². The van der Waals surface area contributed by atoms with E-state index in [0.717, 1.165) is 6.20 Å². The summed E-state index contributed by atoms with van der Waals surface area (Å²) in [6.07, 6.45) is -4.67. The summed E-state index contributed by atoms with van der Waals surface area (Å²) >= 11 is 0. The fraction of sp³-hybridized carbons (Fsp3) is 0.583. The van der Waals surface area contributed by atoms with Crippen molar-refractivity contribution in [3.63, 3.8) is 0 Å². The molecule has 1 aromatic heterocycles. The maximum Gasteiger partial charge on any atom is 0.368 e. The number of rotatable bonds is 2. The van der Waals surface area contributed by atoms with Crippen LogP contribution < -0.4 is 11.4 Å². The molecule has 0 saturated carbocycles. The van der Waals surface area contributed by atoms with Crippen LogP contribution in [0.15, 0.2) is 11.0 Å². The lowest BCUT2D eigenvalue weighted by molar-refractivity contribution is -0.0946. The van der Waals surface area contributed by atoms with Gasteiger partial charge in [0.15, 0.2) is 6.23 Å². The van der Waals surface area contributed by atoms with E-state index >= 15 is 0 Å². The highest BCUT2D eigenvalue weighted by Crippen LogP contribution is 2.38. The van der Waals surface area contributed by atoms with Crippen molar-refractivity contribution < 1.29 is 24.4 Å². The third-order valence-corrected chi connectivity index (χ3v) is 3.21. The Bertz CT molecular complexity index is 669. The molecule has 1 aliphatic heterocycles.